The topological polar surface area (TPSA) is 148 Å². The molecule has 0 aliphatic carbocycles. The number of aliphatic carboxylic acids is 1. The molecule has 170 valence electrons. The lowest BCUT2D eigenvalue weighted by molar-refractivity contribution is -0.163. The monoisotopic (exact) mass is 442 g/mol. The minimum Gasteiger partial charge on any atom is -0.483 e. The molecule has 0 unspecified atom stereocenters. The Hall–Kier alpha value is -3.50. The molecule has 0 radical (unpaired) electrons. The Kier molecular flexibility index (Phi) is 7.06. The number of carboxylic acids is 1. The van der Waals surface area contributed by atoms with Crippen molar-refractivity contribution in [2.24, 2.45) is 5.41 Å². The number of hydrogen-bond acceptors (Lipinski definition) is 6. The third kappa shape index (κ3) is 4.87. The van der Waals surface area contributed by atoms with Gasteiger partial charge in [-0.2, -0.15) is 0 Å². The van der Waals surface area contributed by atoms with Crippen molar-refractivity contribution >= 4 is 18.1 Å². The highest BCUT2D eigenvalue weighted by atomic mass is 16.4. The predicted octanol–water partition coefficient (Wildman–Crippen LogP) is 0.912. The summed E-state index contributed by atoms with van der Waals surface area (Å²) in [5.41, 5.74) is 1.32. The number of H-pyrrole nitrogens is 1. The van der Waals surface area contributed by atoms with Gasteiger partial charge in [0, 0.05) is 37.5 Å². The smallest absolute Gasteiger partial charge is 0.313 e. The summed E-state index contributed by atoms with van der Waals surface area (Å²) in [6, 6.07) is 12.6. The minimum atomic E-state index is -1.30. The molecule has 2 atom stereocenters. The molecule has 1 aromatic carbocycles. The first kappa shape index (κ1) is 23.2. The number of aromatic nitrogens is 3. The number of aromatic amines is 1. The number of likely N-dealkylation sites (tertiary alicyclic amines) is 1. The fourth-order valence-electron chi connectivity index (χ4n) is 4.19. The molecule has 1 aliphatic rings. The van der Waals surface area contributed by atoms with E-state index in [1.165, 1.54) is 10.6 Å². The van der Waals surface area contributed by atoms with Crippen LogP contribution in [0.2, 0.25) is 0 Å². The van der Waals surface area contributed by atoms with Crippen molar-refractivity contribution in [3.8, 4) is 0 Å². The maximum absolute atomic E-state index is 12.3. The van der Waals surface area contributed by atoms with E-state index in [9.17, 15) is 19.8 Å². The molecular formula is C22H26N4O6. The number of aliphatic hydroxyl groups is 1. The van der Waals surface area contributed by atoms with Crippen molar-refractivity contribution < 1.29 is 24.9 Å². The van der Waals surface area contributed by atoms with E-state index in [-0.39, 0.29) is 25.0 Å². The zero-order chi connectivity index (χ0) is 23.3. The number of carbonyl (C=O) groups is 2. The number of aryl methyl sites for hydroxylation is 1. The highest BCUT2D eigenvalue weighted by Gasteiger charge is 2.49. The van der Waals surface area contributed by atoms with Gasteiger partial charge in [0.1, 0.15) is 5.41 Å². The average molecular weight is 442 g/mol. The van der Waals surface area contributed by atoms with E-state index in [1.807, 2.05) is 42.2 Å². The lowest BCUT2D eigenvalue weighted by atomic mass is 9.73. The third-order valence-electron chi connectivity index (χ3n) is 5.67. The first-order valence-electron chi connectivity index (χ1n) is 10.1. The second kappa shape index (κ2) is 9.75. The Morgan fingerprint density at radius 1 is 1.31 bits per heavy atom. The number of carboxylic acid groups (broad SMARTS) is 2. The van der Waals surface area contributed by atoms with E-state index in [2.05, 4.69) is 10.1 Å². The van der Waals surface area contributed by atoms with Gasteiger partial charge in [-0.1, -0.05) is 30.3 Å². The van der Waals surface area contributed by atoms with E-state index in [1.54, 1.807) is 6.07 Å². The molecule has 1 fully saturated rings. The van der Waals surface area contributed by atoms with Crippen molar-refractivity contribution in [2.45, 2.75) is 32.4 Å². The molecule has 3 aromatic rings. The van der Waals surface area contributed by atoms with Crippen LogP contribution in [-0.2, 0) is 22.6 Å². The van der Waals surface area contributed by atoms with E-state index in [0.29, 0.717) is 30.9 Å². The average Bonchev–Trinajstić information content (AvgIpc) is 3.12. The summed E-state index contributed by atoms with van der Waals surface area (Å²) in [6.07, 6.45) is -0.346. The standard InChI is InChI=1S/C21H24N4O4.CH2O2/c1-14-9-18-22-16(10-19(27)25(18)23-14)12-24-8-7-17(26)21(13-24,20(28)29)11-15-5-3-2-4-6-15;2-1-3/h2-6,9-10,17,23,26H,7-8,11-13H2,1H3,(H,28,29);1H,(H,2,3)/t17-,21-;/m1./s1. The molecule has 1 aliphatic heterocycles. The molecule has 4 N–H and O–H groups in total. The van der Waals surface area contributed by atoms with E-state index >= 15 is 0 Å². The van der Waals surface area contributed by atoms with Gasteiger partial charge in [0.25, 0.3) is 12.0 Å². The van der Waals surface area contributed by atoms with Gasteiger partial charge in [-0.05, 0) is 25.3 Å². The van der Waals surface area contributed by atoms with E-state index < -0.39 is 17.5 Å². The number of nitrogens with one attached hydrogen (secondary N) is 1. The van der Waals surface area contributed by atoms with Gasteiger partial charge < -0.3 is 15.3 Å². The van der Waals surface area contributed by atoms with Crippen LogP contribution in [0.4, 0.5) is 0 Å². The van der Waals surface area contributed by atoms with Crippen molar-refractivity contribution in [1.82, 2.24) is 19.5 Å². The summed E-state index contributed by atoms with van der Waals surface area (Å²) in [4.78, 5) is 39.4. The number of hydrogen-bond donors (Lipinski definition) is 4. The van der Waals surface area contributed by atoms with E-state index in [4.69, 9.17) is 9.90 Å². The van der Waals surface area contributed by atoms with Crippen LogP contribution in [0.3, 0.4) is 0 Å². The zero-order valence-corrected chi connectivity index (χ0v) is 17.6. The quantitative estimate of drug-likeness (QED) is 0.426. The van der Waals surface area contributed by atoms with Crippen LogP contribution >= 0.6 is 0 Å². The summed E-state index contributed by atoms with van der Waals surface area (Å²) < 4.78 is 1.38. The summed E-state index contributed by atoms with van der Waals surface area (Å²) in [5.74, 6) is -1.01. The van der Waals surface area contributed by atoms with Gasteiger partial charge in [0.05, 0.1) is 11.8 Å². The molecule has 2 aromatic heterocycles. The summed E-state index contributed by atoms with van der Waals surface area (Å²) in [6.45, 7) is 2.68. The Morgan fingerprint density at radius 2 is 2.00 bits per heavy atom. The SMILES string of the molecule is Cc1cc2nc(CN3CC[C@@H](O)[C@](Cc4ccccc4)(C(=O)O)C3)cc(=O)n2[nH]1.O=CO. The molecule has 0 spiro atoms. The van der Waals surface area contributed by atoms with Gasteiger partial charge in [0.2, 0.25) is 0 Å². The second-order valence-electron chi connectivity index (χ2n) is 7.96. The van der Waals surface area contributed by atoms with Crippen LogP contribution in [-0.4, -0.2) is 66.5 Å². The lowest BCUT2D eigenvalue weighted by Crippen LogP contribution is -2.56. The molecule has 3 heterocycles. The fraction of sp³-hybridized carbons (Fsp3) is 0.364. The number of rotatable bonds is 5. The maximum Gasteiger partial charge on any atom is 0.313 e. The van der Waals surface area contributed by atoms with E-state index in [0.717, 1.165) is 11.3 Å². The molecule has 0 amide bonds. The Balaban J connectivity index is 0.000000913. The van der Waals surface area contributed by atoms with Crippen LogP contribution < -0.4 is 5.56 Å². The minimum absolute atomic E-state index is 0.186. The summed E-state index contributed by atoms with van der Waals surface area (Å²) in [7, 11) is 0. The summed E-state index contributed by atoms with van der Waals surface area (Å²) in [5, 5.41) is 30.5. The Bertz CT molecular complexity index is 1140. The largest absolute Gasteiger partial charge is 0.483 e. The third-order valence-corrected chi connectivity index (χ3v) is 5.67. The Morgan fingerprint density at radius 3 is 2.66 bits per heavy atom. The van der Waals surface area contributed by atoms with Crippen LogP contribution in [0, 0.1) is 12.3 Å². The van der Waals surface area contributed by atoms with Crippen molar-refractivity contribution in [2.75, 3.05) is 13.1 Å². The first-order chi connectivity index (χ1) is 15.3. The molecule has 10 heteroatoms. The molecular weight excluding hydrogens is 416 g/mol. The molecule has 10 nitrogen and oxygen atoms in total. The first-order valence-corrected chi connectivity index (χ1v) is 10.1. The van der Waals surface area contributed by atoms with Gasteiger partial charge in [0.15, 0.2) is 5.65 Å². The number of piperidine rings is 1. The van der Waals surface area contributed by atoms with Crippen molar-refractivity contribution in [1.29, 1.82) is 0 Å². The zero-order valence-electron chi connectivity index (χ0n) is 17.6. The molecule has 4 rings (SSSR count). The number of aliphatic hydroxyl groups excluding tert-OH is 1. The fourth-order valence-corrected chi connectivity index (χ4v) is 4.19. The van der Waals surface area contributed by atoms with Gasteiger partial charge in [-0.15, -0.1) is 0 Å². The number of fused-ring (bicyclic) bond motifs is 1. The number of nitrogens with zero attached hydrogens (tertiary/aromatic N) is 3. The maximum atomic E-state index is 12.3. The highest BCUT2D eigenvalue weighted by molar-refractivity contribution is 5.76. The second-order valence-corrected chi connectivity index (χ2v) is 7.96. The van der Waals surface area contributed by atoms with Gasteiger partial charge >= 0.3 is 5.97 Å². The van der Waals surface area contributed by atoms with Gasteiger partial charge in [-0.3, -0.25) is 24.4 Å². The van der Waals surface area contributed by atoms with Crippen LogP contribution in [0.25, 0.3) is 5.65 Å². The van der Waals surface area contributed by atoms with Crippen LogP contribution in [0.15, 0.2) is 47.3 Å². The molecule has 0 saturated carbocycles. The van der Waals surface area contributed by atoms with Crippen molar-refractivity contribution in [3.05, 3.63) is 69.8 Å². The lowest BCUT2D eigenvalue weighted by Gasteiger charge is -2.43. The van der Waals surface area contributed by atoms with Crippen LogP contribution in [0.1, 0.15) is 23.4 Å². The van der Waals surface area contributed by atoms with Crippen LogP contribution in [0.5, 0.6) is 0 Å². The molecule has 1 saturated heterocycles. The summed E-state index contributed by atoms with van der Waals surface area (Å²) >= 11 is 0. The predicted molar refractivity (Wildman–Crippen MR) is 115 cm³/mol. The van der Waals surface area contributed by atoms with Gasteiger partial charge in [-0.25, -0.2) is 9.50 Å². The van der Waals surface area contributed by atoms with Crippen molar-refractivity contribution in [3.63, 3.8) is 0 Å². The number of benzene rings is 1. The molecule has 0 bridgehead atoms. The normalized spacial score (nSPS) is 21.0. The Labute approximate surface area is 183 Å². The highest BCUT2D eigenvalue weighted by Crippen LogP contribution is 2.35. The molecule has 32 heavy (non-hydrogen) atoms.